The van der Waals surface area contributed by atoms with Crippen LogP contribution in [0.3, 0.4) is 0 Å². The first-order valence-electron chi connectivity index (χ1n) is 6.16. The van der Waals surface area contributed by atoms with E-state index in [-0.39, 0.29) is 5.91 Å². The second-order valence-electron chi connectivity index (χ2n) is 5.45. The Labute approximate surface area is 125 Å². The molecule has 1 aliphatic rings. The van der Waals surface area contributed by atoms with Crippen molar-refractivity contribution < 1.29 is 19.4 Å². The van der Waals surface area contributed by atoms with Gasteiger partial charge in [0.25, 0.3) is 0 Å². The number of carboxylic acids is 1. The molecular weight excluding hydrogens is 326 g/mol. The lowest BCUT2D eigenvalue weighted by molar-refractivity contribution is -0.140. The van der Waals surface area contributed by atoms with E-state index in [1.807, 2.05) is 0 Å². The lowest BCUT2D eigenvalue weighted by Gasteiger charge is -2.08. The standard InChI is InChI=1S/C14H16BrNO4/c1-14(2)10(11(14)13(18)19)12(17)16-7-4-5-9(20-3)8(15)6-7/h4-6,10-11H,1-3H3,(H,16,17)(H,18,19). The quantitative estimate of drug-likeness (QED) is 0.882. The van der Waals surface area contributed by atoms with Gasteiger partial charge in [-0.05, 0) is 39.5 Å². The lowest BCUT2D eigenvalue weighted by Crippen LogP contribution is -2.17. The molecule has 1 fully saturated rings. The number of rotatable bonds is 4. The maximum atomic E-state index is 12.1. The van der Waals surface area contributed by atoms with Crippen molar-refractivity contribution in [1.82, 2.24) is 0 Å². The zero-order valence-corrected chi connectivity index (χ0v) is 13.0. The van der Waals surface area contributed by atoms with E-state index in [0.717, 1.165) is 4.47 Å². The van der Waals surface area contributed by atoms with E-state index < -0.39 is 23.2 Å². The minimum Gasteiger partial charge on any atom is -0.496 e. The fourth-order valence-corrected chi connectivity index (χ4v) is 3.09. The van der Waals surface area contributed by atoms with E-state index in [2.05, 4.69) is 21.2 Å². The highest BCUT2D eigenvalue weighted by Crippen LogP contribution is 2.58. The Kier molecular flexibility index (Phi) is 3.77. The second-order valence-corrected chi connectivity index (χ2v) is 6.31. The van der Waals surface area contributed by atoms with Gasteiger partial charge in [0.05, 0.1) is 23.4 Å². The number of aliphatic carboxylic acids is 1. The van der Waals surface area contributed by atoms with Crippen molar-refractivity contribution in [2.45, 2.75) is 13.8 Å². The Bertz CT molecular complexity index is 570. The molecule has 0 heterocycles. The van der Waals surface area contributed by atoms with Gasteiger partial charge in [0.1, 0.15) is 5.75 Å². The van der Waals surface area contributed by atoms with Gasteiger partial charge < -0.3 is 15.2 Å². The molecule has 6 heteroatoms. The van der Waals surface area contributed by atoms with Gasteiger partial charge in [0, 0.05) is 5.69 Å². The van der Waals surface area contributed by atoms with E-state index in [9.17, 15) is 9.59 Å². The van der Waals surface area contributed by atoms with Crippen molar-refractivity contribution >= 4 is 33.5 Å². The third kappa shape index (κ3) is 2.52. The van der Waals surface area contributed by atoms with Crippen LogP contribution in [0.15, 0.2) is 22.7 Å². The van der Waals surface area contributed by atoms with Gasteiger partial charge in [-0.3, -0.25) is 9.59 Å². The molecule has 2 unspecified atom stereocenters. The molecule has 20 heavy (non-hydrogen) atoms. The zero-order valence-electron chi connectivity index (χ0n) is 11.4. The molecule has 1 amide bonds. The summed E-state index contributed by atoms with van der Waals surface area (Å²) in [7, 11) is 1.56. The highest BCUT2D eigenvalue weighted by atomic mass is 79.9. The molecule has 0 aliphatic heterocycles. The number of nitrogens with one attached hydrogen (secondary N) is 1. The van der Waals surface area contributed by atoms with Gasteiger partial charge in [-0.25, -0.2) is 0 Å². The molecule has 0 bridgehead atoms. The summed E-state index contributed by atoms with van der Waals surface area (Å²) < 4.78 is 5.83. The molecule has 1 aliphatic carbocycles. The molecule has 2 rings (SSSR count). The molecule has 0 radical (unpaired) electrons. The van der Waals surface area contributed by atoms with Crippen LogP contribution < -0.4 is 10.1 Å². The van der Waals surface area contributed by atoms with Crippen molar-refractivity contribution in [3.05, 3.63) is 22.7 Å². The number of carbonyl (C=O) groups excluding carboxylic acids is 1. The summed E-state index contributed by atoms with van der Waals surface area (Å²) in [6.07, 6.45) is 0. The fraction of sp³-hybridized carbons (Fsp3) is 0.429. The molecule has 1 aromatic carbocycles. The van der Waals surface area contributed by atoms with E-state index in [1.165, 1.54) is 0 Å². The largest absolute Gasteiger partial charge is 0.496 e. The van der Waals surface area contributed by atoms with Crippen LogP contribution in [0.1, 0.15) is 13.8 Å². The SMILES string of the molecule is COc1ccc(NC(=O)C2C(C(=O)O)C2(C)C)cc1Br. The fourth-order valence-electron chi connectivity index (χ4n) is 2.55. The van der Waals surface area contributed by atoms with Crippen molar-refractivity contribution in [2.75, 3.05) is 12.4 Å². The van der Waals surface area contributed by atoms with Crippen LogP contribution in [0.25, 0.3) is 0 Å². The first kappa shape index (κ1) is 14.8. The normalized spacial score (nSPS) is 23.0. The Morgan fingerprint density at radius 1 is 1.35 bits per heavy atom. The minimum absolute atomic E-state index is 0.264. The number of hydrogen-bond donors (Lipinski definition) is 2. The van der Waals surface area contributed by atoms with Crippen LogP contribution in [0.5, 0.6) is 5.75 Å². The number of halogens is 1. The first-order chi connectivity index (χ1) is 9.28. The molecule has 1 saturated carbocycles. The third-order valence-corrected chi connectivity index (χ3v) is 4.41. The van der Waals surface area contributed by atoms with E-state index in [4.69, 9.17) is 9.84 Å². The molecule has 0 spiro atoms. The third-order valence-electron chi connectivity index (χ3n) is 3.80. The van der Waals surface area contributed by atoms with Crippen molar-refractivity contribution in [2.24, 2.45) is 17.3 Å². The molecule has 2 N–H and O–H groups in total. The predicted octanol–water partition coefficient (Wildman–Crippen LogP) is 2.75. The molecule has 2 atom stereocenters. The van der Waals surface area contributed by atoms with E-state index in [1.54, 1.807) is 39.2 Å². The molecule has 0 aromatic heterocycles. The Balaban J connectivity index is 2.10. The summed E-state index contributed by atoms with van der Waals surface area (Å²) in [5.74, 6) is -1.64. The van der Waals surface area contributed by atoms with Crippen LogP contribution in [0.2, 0.25) is 0 Å². The number of methoxy groups -OCH3 is 1. The highest BCUT2D eigenvalue weighted by molar-refractivity contribution is 9.10. The number of hydrogen-bond acceptors (Lipinski definition) is 3. The molecule has 0 saturated heterocycles. The van der Waals surface area contributed by atoms with Crippen LogP contribution in [0, 0.1) is 17.3 Å². The number of benzene rings is 1. The van der Waals surface area contributed by atoms with Gasteiger partial charge in [-0.2, -0.15) is 0 Å². The first-order valence-corrected chi connectivity index (χ1v) is 6.95. The summed E-state index contributed by atoms with van der Waals surface area (Å²) >= 11 is 3.34. The number of carboxylic acid groups (broad SMARTS) is 1. The summed E-state index contributed by atoms with van der Waals surface area (Å²) in [6.45, 7) is 3.58. The molecule has 5 nitrogen and oxygen atoms in total. The van der Waals surface area contributed by atoms with Crippen molar-refractivity contribution in [1.29, 1.82) is 0 Å². The number of amides is 1. The number of carbonyl (C=O) groups is 2. The Morgan fingerprint density at radius 2 is 2.00 bits per heavy atom. The molecular formula is C14H16BrNO4. The monoisotopic (exact) mass is 341 g/mol. The Hall–Kier alpha value is -1.56. The highest BCUT2D eigenvalue weighted by Gasteiger charge is 2.65. The van der Waals surface area contributed by atoms with Gasteiger partial charge in [-0.15, -0.1) is 0 Å². The molecule has 108 valence electrons. The smallest absolute Gasteiger partial charge is 0.307 e. The summed E-state index contributed by atoms with van der Waals surface area (Å²) in [6, 6.07) is 5.17. The topological polar surface area (TPSA) is 75.6 Å². The maximum Gasteiger partial charge on any atom is 0.307 e. The molecule has 1 aromatic rings. The second kappa shape index (κ2) is 5.09. The van der Waals surface area contributed by atoms with Crippen LogP contribution in [-0.2, 0) is 9.59 Å². The van der Waals surface area contributed by atoms with Gasteiger partial charge in [0.15, 0.2) is 0 Å². The summed E-state index contributed by atoms with van der Waals surface area (Å²) in [4.78, 5) is 23.2. The maximum absolute atomic E-state index is 12.1. The van der Waals surface area contributed by atoms with E-state index >= 15 is 0 Å². The van der Waals surface area contributed by atoms with E-state index in [0.29, 0.717) is 11.4 Å². The lowest BCUT2D eigenvalue weighted by atomic mass is 10.1. The van der Waals surface area contributed by atoms with Gasteiger partial charge in [-0.1, -0.05) is 13.8 Å². The summed E-state index contributed by atoms with van der Waals surface area (Å²) in [5.41, 5.74) is 0.106. The Morgan fingerprint density at radius 3 is 2.45 bits per heavy atom. The van der Waals surface area contributed by atoms with Gasteiger partial charge in [0.2, 0.25) is 5.91 Å². The summed E-state index contributed by atoms with van der Waals surface area (Å²) in [5, 5.41) is 11.8. The average molecular weight is 342 g/mol. The number of ether oxygens (including phenoxy) is 1. The van der Waals surface area contributed by atoms with Crippen molar-refractivity contribution in [3.8, 4) is 5.75 Å². The number of anilines is 1. The van der Waals surface area contributed by atoms with Crippen molar-refractivity contribution in [3.63, 3.8) is 0 Å². The van der Waals surface area contributed by atoms with Crippen LogP contribution in [-0.4, -0.2) is 24.1 Å². The van der Waals surface area contributed by atoms with Crippen LogP contribution >= 0.6 is 15.9 Å². The predicted molar refractivity (Wildman–Crippen MR) is 77.7 cm³/mol. The van der Waals surface area contributed by atoms with Gasteiger partial charge >= 0.3 is 5.97 Å². The average Bonchev–Trinajstić information content (AvgIpc) is 2.93. The minimum atomic E-state index is -0.925. The zero-order chi connectivity index (χ0) is 15.1. The van der Waals surface area contributed by atoms with Crippen LogP contribution in [0.4, 0.5) is 5.69 Å².